The Morgan fingerprint density at radius 1 is 0.277 bits per heavy atom. The molecule has 101 heavy (non-hydrogen) atoms. The minimum absolute atomic E-state index is 0.105. The SMILES string of the molecule is CCC(C)CCCCCCCCCCCCC(=O)O[C@H](COC(=O)CCCCCCCCC(C)C)COP(=O)(O)OC[C@H](O)COP(=O)(O)OC[C@@H](COC(=O)CCCCCCCCCCCCCCCCC(C)C)OC(=O)CCCCCCCCCCCCCCCCCCCCC(C)C. The maximum atomic E-state index is 13.1. The van der Waals surface area contributed by atoms with Crippen molar-refractivity contribution in [3.63, 3.8) is 0 Å². The summed E-state index contributed by atoms with van der Waals surface area (Å²) in [4.78, 5) is 73.0. The van der Waals surface area contributed by atoms with Gasteiger partial charge in [-0.05, 0) is 49.4 Å². The second kappa shape index (κ2) is 71.0. The second-order valence-corrected chi connectivity index (χ2v) is 34.1. The first-order chi connectivity index (χ1) is 48.6. The second-order valence-electron chi connectivity index (χ2n) is 31.2. The predicted molar refractivity (Wildman–Crippen MR) is 414 cm³/mol. The van der Waals surface area contributed by atoms with Crippen LogP contribution in [0.25, 0.3) is 0 Å². The predicted octanol–water partition coefficient (Wildman–Crippen LogP) is 24.4. The van der Waals surface area contributed by atoms with Gasteiger partial charge < -0.3 is 33.8 Å². The van der Waals surface area contributed by atoms with E-state index >= 15 is 0 Å². The molecule has 3 unspecified atom stereocenters. The van der Waals surface area contributed by atoms with Crippen molar-refractivity contribution in [2.24, 2.45) is 23.7 Å². The van der Waals surface area contributed by atoms with E-state index < -0.39 is 97.5 Å². The first kappa shape index (κ1) is 99.1. The van der Waals surface area contributed by atoms with Gasteiger partial charge in [0.2, 0.25) is 0 Å². The summed E-state index contributed by atoms with van der Waals surface area (Å²) in [5, 5.41) is 10.6. The number of phosphoric acid groups is 2. The largest absolute Gasteiger partial charge is 0.472 e. The number of unbranched alkanes of at least 4 members (excludes halogenated alkanes) is 44. The Hall–Kier alpha value is -1.94. The summed E-state index contributed by atoms with van der Waals surface area (Å²) in [5.41, 5.74) is 0. The molecule has 0 saturated heterocycles. The summed E-state index contributed by atoms with van der Waals surface area (Å²) in [6.07, 6.45) is 58.4. The van der Waals surface area contributed by atoms with Crippen LogP contribution in [0, 0.1) is 23.7 Å². The highest BCUT2D eigenvalue weighted by Gasteiger charge is 2.30. The van der Waals surface area contributed by atoms with Gasteiger partial charge >= 0.3 is 39.5 Å². The normalized spacial score (nSPS) is 14.3. The highest BCUT2D eigenvalue weighted by atomic mass is 31.2. The van der Waals surface area contributed by atoms with Gasteiger partial charge in [-0.2, -0.15) is 0 Å². The molecular weight excluding hydrogens is 1320 g/mol. The molecule has 0 rings (SSSR count). The van der Waals surface area contributed by atoms with Gasteiger partial charge in [-0.1, -0.05) is 370 Å². The molecular formula is C82H160O17P2. The highest BCUT2D eigenvalue weighted by molar-refractivity contribution is 7.47. The van der Waals surface area contributed by atoms with Crippen molar-refractivity contribution in [2.45, 2.75) is 440 Å². The summed E-state index contributed by atoms with van der Waals surface area (Å²) in [6, 6.07) is 0. The molecule has 600 valence electrons. The molecule has 0 amide bonds. The van der Waals surface area contributed by atoms with Crippen LogP contribution in [0.1, 0.15) is 421 Å². The van der Waals surface area contributed by atoms with E-state index in [0.29, 0.717) is 31.6 Å². The Balaban J connectivity index is 5.22. The highest BCUT2D eigenvalue weighted by Crippen LogP contribution is 2.45. The Kier molecular flexibility index (Phi) is 69.6. The number of carbonyl (C=O) groups is 4. The summed E-state index contributed by atoms with van der Waals surface area (Å²) >= 11 is 0. The van der Waals surface area contributed by atoms with Crippen LogP contribution in [0.4, 0.5) is 0 Å². The van der Waals surface area contributed by atoms with E-state index in [-0.39, 0.29) is 25.7 Å². The summed E-state index contributed by atoms with van der Waals surface area (Å²) in [5.74, 6) is 0.987. The molecule has 0 fully saturated rings. The average molecular weight is 1480 g/mol. The van der Waals surface area contributed by atoms with Crippen LogP contribution in [0.3, 0.4) is 0 Å². The molecule has 0 aromatic rings. The molecule has 0 aliphatic rings. The van der Waals surface area contributed by atoms with Crippen LogP contribution in [0.15, 0.2) is 0 Å². The number of ether oxygens (including phenoxy) is 4. The maximum Gasteiger partial charge on any atom is 0.472 e. The van der Waals surface area contributed by atoms with Crippen LogP contribution >= 0.6 is 15.6 Å². The summed E-state index contributed by atoms with van der Waals surface area (Å²) in [7, 11) is -9.92. The smallest absolute Gasteiger partial charge is 0.462 e. The molecule has 0 saturated carbocycles. The number of carbonyl (C=O) groups excluding carboxylic acids is 4. The quantitative estimate of drug-likeness (QED) is 0.0222. The van der Waals surface area contributed by atoms with E-state index in [2.05, 4.69) is 55.4 Å². The molecule has 0 spiro atoms. The third-order valence-electron chi connectivity index (χ3n) is 19.4. The Morgan fingerprint density at radius 2 is 0.475 bits per heavy atom. The number of aliphatic hydroxyl groups is 1. The minimum atomic E-state index is -4.96. The van der Waals surface area contributed by atoms with Gasteiger partial charge in [0.1, 0.15) is 19.3 Å². The van der Waals surface area contributed by atoms with Crippen molar-refractivity contribution in [3.8, 4) is 0 Å². The zero-order valence-electron chi connectivity index (χ0n) is 66.5. The summed E-state index contributed by atoms with van der Waals surface area (Å²) < 4.78 is 68.7. The zero-order chi connectivity index (χ0) is 74.6. The van der Waals surface area contributed by atoms with Crippen molar-refractivity contribution >= 4 is 39.5 Å². The van der Waals surface area contributed by atoms with Crippen LogP contribution in [-0.4, -0.2) is 96.7 Å². The Morgan fingerprint density at radius 3 is 0.703 bits per heavy atom. The molecule has 0 aliphatic heterocycles. The maximum absolute atomic E-state index is 13.1. The molecule has 3 N–H and O–H groups in total. The van der Waals surface area contributed by atoms with Gasteiger partial charge in [-0.15, -0.1) is 0 Å². The number of rotatable bonds is 79. The molecule has 17 nitrogen and oxygen atoms in total. The van der Waals surface area contributed by atoms with Crippen LogP contribution in [0.2, 0.25) is 0 Å². The van der Waals surface area contributed by atoms with E-state index in [9.17, 15) is 43.2 Å². The first-order valence-electron chi connectivity index (χ1n) is 42.2. The van der Waals surface area contributed by atoms with Gasteiger partial charge in [0.05, 0.1) is 26.4 Å². The lowest BCUT2D eigenvalue weighted by Crippen LogP contribution is -2.30. The van der Waals surface area contributed by atoms with E-state index in [1.165, 1.54) is 218 Å². The van der Waals surface area contributed by atoms with E-state index in [1.54, 1.807) is 0 Å². The van der Waals surface area contributed by atoms with E-state index in [0.717, 1.165) is 114 Å². The molecule has 19 heteroatoms. The van der Waals surface area contributed by atoms with Crippen molar-refractivity contribution in [2.75, 3.05) is 39.6 Å². The molecule has 0 heterocycles. The first-order valence-corrected chi connectivity index (χ1v) is 45.2. The molecule has 0 radical (unpaired) electrons. The standard InChI is InChI=1S/C82H160O17P2/c1-9-75(8)61-53-45-36-30-26-27-33-39-49-57-65-82(87)99-78(69-93-80(85)63-55-47-41-40-44-52-60-74(6)7)71-97-101(90,91)95-67-76(83)66-94-100(88,89)96-70-77(68-92-79(84)62-54-46-37-31-24-20-17-16-19-23-29-35-43-51-59-73(4)5)98-81(86)64-56-48-38-32-25-21-15-13-11-10-12-14-18-22-28-34-42-50-58-72(2)3/h72-78,83H,9-71H2,1-8H3,(H,88,89)(H,90,91)/t75?,76-,77-,78-/m1/s1. The number of aliphatic hydroxyl groups excluding tert-OH is 1. The van der Waals surface area contributed by atoms with Gasteiger partial charge in [-0.3, -0.25) is 37.3 Å². The lowest BCUT2D eigenvalue weighted by Gasteiger charge is -2.21. The molecule has 0 bridgehead atoms. The van der Waals surface area contributed by atoms with Gasteiger partial charge in [-0.25, -0.2) is 9.13 Å². The monoisotopic (exact) mass is 1480 g/mol. The lowest BCUT2D eigenvalue weighted by atomic mass is 9.99. The Bertz CT molecular complexity index is 1970. The van der Waals surface area contributed by atoms with Crippen molar-refractivity contribution < 1.29 is 80.2 Å². The number of esters is 4. The average Bonchev–Trinajstić information content (AvgIpc) is 1.04. The molecule has 0 aromatic heterocycles. The number of phosphoric ester groups is 2. The molecule has 0 aliphatic carbocycles. The van der Waals surface area contributed by atoms with Crippen molar-refractivity contribution in [3.05, 3.63) is 0 Å². The molecule has 6 atom stereocenters. The number of hydrogen-bond acceptors (Lipinski definition) is 15. The van der Waals surface area contributed by atoms with Gasteiger partial charge in [0, 0.05) is 25.7 Å². The van der Waals surface area contributed by atoms with Crippen LogP contribution in [0.5, 0.6) is 0 Å². The van der Waals surface area contributed by atoms with E-state index in [1.807, 2.05) is 0 Å². The number of hydrogen-bond donors (Lipinski definition) is 3. The fraction of sp³-hybridized carbons (Fsp3) is 0.951. The summed E-state index contributed by atoms with van der Waals surface area (Å²) in [6.45, 7) is 14.2. The van der Waals surface area contributed by atoms with Crippen molar-refractivity contribution in [1.82, 2.24) is 0 Å². The zero-order valence-corrected chi connectivity index (χ0v) is 68.3. The van der Waals surface area contributed by atoms with Crippen LogP contribution < -0.4 is 0 Å². The Labute approximate surface area is 619 Å². The minimum Gasteiger partial charge on any atom is -0.462 e. The van der Waals surface area contributed by atoms with E-state index in [4.69, 9.17) is 37.0 Å². The van der Waals surface area contributed by atoms with Gasteiger partial charge in [0.15, 0.2) is 12.2 Å². The van der Waals surface area contributed by atoms with Crippen LogP contribution in [-0.2, 0) is 65.4 Å². The third kappa shape index (κ3) is 74.7. The topological polar surface area (TPSA) is 237 Å². The fourth-order valence-electron chi connectivity index (χ4n) is 12.6. The third-order valence-corrected chi connectivity index (χ3v) is 21.3. The van der Waals surface area contributed by atoms with Crippen molar-refractivity contribution in [1.29, 1.82) is 0 Å². The lowest BCUT2D eigenvalue weighted by molar-refractivity contribution is -0.161. The fourth-order valence-corrected chi connectivity index (χ4v) is 14.2. The molecule has 0 aromatic carbocycles. The van der Waals surface area contributed by atoms with Gasteiger partial charge in [0.25, 0.3) is 0 Å².